The van der Waals surface area contributed by atoms with Crippen molar-refractivity contribution in [3.05, 3.63) is 6.33 Å². The second-order valence-corrected chi connectivity index (χ2v) is 4.71. The SMILES string of the molecule is CCC1(CNc2ncnc(OC)c2N)CCC1. The van der Waals surface area contributed by atoms with Crippen molar-refractivity contribution in [3.63, 3.8) is 0 Å². The summed E-state index contributed by atoms with van der Waals surface area (Å²) in [5.41, 5.74) is 6.83. The predicted molar refractivity (Wildman–Crippen MR) is 68.1 cm³/mol. The fourth-order valence-electron chi connectivity index (χ4n) is 2.29. The van der Waals surface area contributed by atoms with Crippen molar-refractivity contribution in [1.29, 1.82) is 0 Å². The number of anilines is 2. The van der Waals surface area contributed by atoms with E-state index in [1.165, 1.54) is 32.0 Å². The lowest BCUT2D eigenvalue weighted by atomic mass is 9.67. The lowest BCUT2D eigenvalue weighted by Gasteiger charge is -2.41. The first-order chi connectivity index (χ1) is 8.21. The molecule has 94 valence electrons. The van der Waals surface area contributed by atoms with E-state index in [0.717, 1.165) is 6.54 Å². The number of rotatable bonds is 5. The van der Waals surface area contributed by atoms with Crippen LogP contribution in [0.25, 0.3) is 0 Å². The Hall–Kier alpha value is -1.52. The molecule has 0 amide bonds. The van der Waals surface area contributed by atoms with Crippen molar-refractivity contribution >= 4 is 11.5 Å². The number of hydrogen-bond donors (Lipinski definition) is 2. The van der Waals surface area contributed by atoms with Gasteiger partial charge in [0.25, 0.3) is 0 Å². The smallest absolute Gasteiger partial charge is 0.242 e. The van der Waals surface area contributed by atoms with E-state index in [9.17, 15) is 0 Å². The quantitative estimate of drug-likeness (QED) is 0.818. The normalized spacial score (nSPS) is 17.3. The predicted octanol–water partition coefficient (Wildman–Crippen LogP) is 2.06. The lowest BCUT2D eigenvalue weighted by Crippen LogP contribution is -2.36. The van der Waals surface area contributed by atoms with E-state index in [0.29, 0.717) is 22.8 Å². The molecule has 0 unspecified atom stereocenters. The average molecular weight is 236 g/mol. The van der Waals surface area contributed by atoms with Gasteiger partial charge in [0.2, 0.25) is 5.88 Å². The molecule has 0 atom stereocenters. The highest BCUT2D eigenvalue weighted by Crippen LogP contribution is 2.43. The molecule has 0 bridgehead atoms. The Morgan fingerprint density at radius 2 is 2.24 bits per heavy atom. The molecular weight excluding hydrogens is 216 g/mol. The molecule has 5 nitrogen and oxygen atoms in total. The minimum atomic E-state index is 0.432. The lowest BCUT2D eigenvalue weighted by molar-refractivity contribution is 0.145. The zero-order chi connectivity index (χ0) is 12.3. The maximum atomic E-state index is 5.91. The molecule has 0 saturated heterocycles. The van der Waals surface area contributed by atoms with Gasteiger partial charge < -0.3 is 15.8 Å². The first-order valence-electron chi connectivity index (χ1n) is 6.09. The van der Waals surface area contributed by atoms with Crippen molar-refractivity contribution in [2.24, 2.45) is 5.41 Å². The van der Waals surface area contributed by atoms with Gasteiger partial charge in [-0.25, -0.2) is 4.98 Å². The van der Waals surface area contributed by atoms with Crippen LogP contribution in [0, 0.1) is 5.41 Å². The van der Waals surface area contributed by atoms with Gasteiger partial charge in [-0.3, -0.25) is 0 Å². The van der Waals surface area contributed by atoms with Crippen LogP contribution in [0.3, 0.4) is 0 Å². The first-order valence-corrected chi connectivity index (χ1v) is 6.09. The summed E-state index contributed by atoms with van der Waals surface area (Å²) >= 11 is 0. The molecule has 2 rings (SSSR count). The van der Waals surface area contributed by atoms with Gasteiger partial charge in [0.05, 0.1) is 7.11 Å². The molecule has 1 aliphatic rings. The summed E-state index contributed by atoms with van der Waals surface area (Å²) in [5.74, 6) is 1.11. The van der Waals surface area contributed by atoms with E-state index < -0.39 is 0 Å². The van der Waals surface area contributed by atoms with Crippen molar-refractivity contribution in [3.8, 4) is 5.88 Å². The molecule has 17 heavy (non-hydrogen) atoms. The van der Waals surface area contributed by atoms with Gasteiger partial charge in [0.1, 0.15) is 12.0 Å². The summed E-state index contributed by atoms with van der Waals surface area (Å²) in [6, 6.07) is 0. The van der Waals surface area contributed by atoms with E-state index in [1.54, 1.807) is 7.11 Å². The summed E-state index contributed by atoms with van der Waals surface area (Å²) in [6.45, 7) is 3.17. The summed E-state index contributed by atoms with van der Waals surface area (Å²) in [7, 11) is 1.56. The molecule has 0 aromatic carbocycles. The first kappa shape index (κ1) is 12.0. The van der Waals surface area contributed by atoms with Gasteiger partial charge in [0, 0.05) is 6.54 Å². The Balaban J connectivity index is 2.04. The molecular formula is C12H20N4O. The van der Waals surface area contributed by atoms with Crippen LogP contribution in [0.15, 0.2) is 6.33 Å². The topological polar surface area (TPSA) is 73.1 Å². The number of nitrogens with zero attached hydrogens (tertiary/aromatic N) is 2. The largest absolute Gasteiger partial charge is 0.479 e. The van der Waals surface area contributed by atoms with Crippen LogP contribution in [-0.2, 0) is 0 Å². The van der Waals surface area contributed by atoms with Crippen LogP contribution in [0.2, 0.25) is 0 Å². The Bertz CT molecular complexity index is 385. The second-order valence-electron chi connectivity index (χ2n) is 4.71. The van der Waals surface area contributed by atoms with Crippen molar-refractivity contribution < 1.29 is 4.74 Å². The van der Waals surface area contributed by atoms with E-state index in [2.05, 4.69) is 22.2 Å². The molecule has 1 aliphatic carbocycles. The van der Waals surface area contributed by atoms with Crippen LogP contribution >= 0.6 is 0 Å². The van der Waals surface area contributed by atoms with Crippen molar-refractivity contribution in [1.82, 2.24) is 9.97 Å². The minimum Gasteiger partial charge on any atom is -0.479 e. The molecule has 3 N–H and O–H groups in total. The zero-order valence-corrected chi connectivity index (χ0v) is 10.5. The molecule has 1 aromatic heterocycles. The van der Waals surface area contributed by atoms with Crippen LogP contribution in [0.1, 0.15) is 32.6 Å². The van der Waals surface area contributed by atoms with Gasteiger partial charge in [-0.2, -0.15) is 4.98 Å². The standard InChI is InChI=1S/C12H20N4O/c1-3-12(5-4-6-12)7-14-10-9(13)11(17-2)16-8-15-10/h8H,3-7,13H2,1-2H3,(H,14,15,16). The second kappa shape index (κ2) is 4.77. The number of nitrogen functional groups attached to an aromatic ring is 1. The summed E-state index contributed by atoms with van der Waals surface area (Å²) in [5, 5.41) is 3.33. The van der Waals surface area contributed by atoms with Gasteiger partial charge >= 0.3 is 0 Å². The molecule has 0 radical (unpaired) electrons. The van der Waals surface area contributed by atoms with Crippen LogP contribution in [-0.4, -0.2) is 23.6 Å². The van der Waals surface area contributed by atoms with Gasteiger partial charge in [-0.1, -0.05) is 13.3 Å². The number of ether oxygens (including phenoxy) is 1. The number of hydrogen-bond acceptors (Lipinski definition) is 5. The highest BCUT2D eigenvalue weighted by Gasteiger charge is 2.34. The third-order valence-corrected chi connectivity index (χ3v) is 3.84. The van der Waals surface area contributed by atoms with Crippen LogP contribution in [0.4, 0.5) is 11.5 Å². The summed E-state index contributed by atoms with van der Waals surface area (Å²) in [4.78, 5) is 8.11. The third-order valence-electron chi connectivity index (χ3n) is 3.84. The maximum absolute atomic E-state index is 5.91. The summed E-state index contributed by atoms with van der Waals surface area (Å²) < 4.78 is 5.07. The fourth-order valence-corrected chi connectivity index (χ4v) is 2.29. The van der Waals surface area contributed by atoms with Gasteiger partial charge in [-0.05, 0) is 24.7 Å². The maximum Gasteiger partial charge on any atom is 0.242 e. The molecule has 0 spiro atoms. The number of nitrogens with two attached hydrogens (primary N) is 1. The highest BCUT2D eigenvalue weighted by molar-refractivity contribution is 5.66. The minimum absolute atomic E-state index is 0.432. The molecule has 1 saturated carbocycles. The van der Waals surface area contributed by atoms with Crippen LogP contribution in [0.5, 0.6) is 5.88 Å². The van der Waals surface area contributed by atoms with Gasteiger partial charge in [-0.15, -0.1) is 0 Å². The Labute approximate surface area is 102 Å². The van der Waals surface area contributed by atoms with Crippen molar-refractivity contribution in [2.45, 2.75) is 32.6 Å². The summed E-state index contributed by atoms with van der Waals surface area (Å²) in [6.07, 6.45) is 6.58. The zero-order valence-electron chi connectivity index (χ0n) is 10.5. The monoisotopic (exact) mass is 236 g/mol. The number of aromatic nitrogens is 2. The molecule has 1 aromatic rings. The van der Waals surface area contributed by atoms with E-state index in [-0.39, 0.29) is 0 Å². The van der Waals surface area contributed by atoms with E-state index in [1.807, 2.05) is 0 Å². The molecule has 0 aliphatic heterocycles. The van der Waals surface area contributed by atoms with E-state index >= 15 is 0 Å². The third kappa shape index (κ3) is 2.28. The average Bonchev–Trinajstić information content (AvgIpc) is 2.30. The Morgan fingerprint density at radius 1 is 1.47 bits per heavy atom. The van der Waals surface area contributed by atoms with E-state index in [4.69, 9.17) is 10.5 Å². The van der Waals surface area contributed by atoms with Crippen LogP contribution < -0.4 is 15.8 Å². The Kier molecular flexibility index (Phi) is 3.36. The number of nitrogens with one attached hydrogen (secondary N) is 1. The molecule has 1 heterocycles. The fraction of sp³-hybridized carbons (Fsp3) is 0.667. The highest BCUT2D eigenvalue weighted by atomic mass is 16.5. The molecule has 1 fully saturated rings. The Morgan fingerprint density at radius 3 is 2.76 bits per heavy atom. The van der Waals surface area contributed by atoms with Crippen molar-refractivity contribution in [2.75, 3.05) is 24.7 Å². The molecule has 5 heteroatoms. The number of methoxy groups -OCH3 is 1. The van der Waals surface area contributed by atoms with Gasteiger partial charge in [0.15, 0.2) is 5.82 Å².